The SMILES string of the molecule is C=C(C)C[C@@H](C)c1ccc(C(CC(C)C)C2CCC(CC)CC2)c(CC2=CC(C)=CC2)c1. The lowest BCUT2D eigenvalue weighted by Crippen LogP contribution is -2.23. The highest BCUT2D eigenvalue weighted by molar-refractivity contribution is 5.42. The molecule has 2 aliphatic rings. The molecule has 1 saturated carbocycles. The summed E-state index contributed by atoms with van der Waals surface area (Å²) < 4.78 is 0. The van der Waals surface area contributed by atoms with Gasteiger partial charge in [-0.05, 0) is 98.7 Å². The predicted octanol–water partition coefficient (Wildman–Crippen LogP) is 9.92. The van der Waals surface area contributed by atoms with Crippen molar-refractivity contribution >= 4 is 0 Å². The van der Waals surface area contributed by atoms with Gasteiger partial charge in [0.2, 0.25) is 0 Å². The standard InChI is InChI=1S/C32H48/c1-8-26-11-13-28(14-12-26)32(18-23(4)5)31-16-15-29(25(7)17-22(2)3)21-30(31)20-27-10-9-24(6)19-27/h9,15-16,19,21,23,25-26,28,32H,2,8,10-14,17-18,20H2,1,3-7H3/t25-,26?,28?,32?/m1/s1. The Morgan fingerprint density at radius 2 is 1.81 bits per heavy atom. The molecule has 0 spiro atoms. The molecule has 1 aromatic rings. The van der Waals surface area contributed by atoms with E-state index in [-0.39, 0.29) is 0 Å². The first kappa shape index (κ1) is 25.1. The lowest BCUT2D eigenvalue weighted by Gasteiger charge is -2.36. The number of hydrogen-bond donors (Lipinski definition) is 0. The van der Waals surface area contributed by atoms with Gasteiger partial charge in [-0.15, -0.1) is 6.58 Å². The summed E-state index contributed by atoms with van der Waals surface area (Å²) in [7, 11) is 0. The van der Waals surface area contributed by atoms with Crippen LogP contribution in [-0.2, 0) is 6.42 Å². The molecule has 0 heteroatoms. The molecule has 1 aromatic carbocycles. The van der Waals surface area contributed by atoms with Crippen molar-refractivity contribution < 1.29 is 0 Å². The molecular weight excluding hydrogens is 384 g/mol. The largest absolute Gasteiger partial charge is 0.100 e. The van der Waals surface area contributed by atoms with Crippen LogP contribution in [-0.4, -0.2) is 0 Å². The minimum Gasteiger partial charge on any atom is -0.100 e. The Morgan fingerprint density at radius 3 is 2.38 bits per heavy atom. The van der Waals surface area contributed by atoms with Gasteiger partial charge in [0, 0.05) is 0 Å². The normalized spacial score (nSPS) is 23.1. The van der Waals surface area contributed by atoms with Crippen LogP contribution in [0.2, 0.25) is 0 Å². The van der Waals surface area contributed by atoms with Gasteiger partial charge >= 0.3 is 0 Å². The summed E-state index contributed by atoms with van der Waals surface area (Å²) in [6.45, 7) is 18.2. The van der Waals surface area contributed by atoms with Crippen molar-refractivity contribution in [1.82, 2.24) is 0 Å². The maximum absolute atomic E-state index is 4.17. The average molecular weight is 433 g/mol. The minimum atomic E-state index is 0.543. The van der Waals surface area contributed by atoms with E-state index in [1.54, 1.807) is 16.7 Å². The van der Waals surface area contributed by atoms with Crippen LogP contribution in [0.5, 0.6) is 0 Å². The summed E-state index contributed by atoms with van der Waals surface area (Å²) in [5.41, 5.74) is 9.07. The van der Waals surface area contributed by atoms with Crippen LogP contribution in [0.25, 0.3) is 0 Å². The first-order valence-corrected chi connectivity index (χ1v) is 13.4. The van der Waals surface area contributed by atoms with E-state index in [0.29, 0.717) is 11.8 Å². The zero-order valence-electron chi connectivity index (χ0n) is 21.8. The van der Waals surface area contributed by atoms with E-state index >= 15 is 0 Å². The molecule has 0 heterocycles. The first-order valence-electron chi connectivity index (χ1n) is 13.4. The quantitative estimate of drug-likeness (QED) is 0.323. The van der Waals surface area contributed by atoms with E-state index in [9.17, 15) is 0 Å². The van der Waals surface area contributed by atoms with Gasteiger partial charge in [0.15, 0.2) is 0 Å². The molecular formula is C32H48. The molecule has 1 fully saturated rings. The third kappa shape index (κ3) is 6.72. The third-order valence-electron chi connectivity index (χ3n) is 8.09. The fourth-order valence-electron chi connectivity index (χ4n) is 6.27. The van der Waals surface area contributed by atoms with Gasteiger partial charge in [0.1, 0.15) is 0 Å². The maximum atomic E-state index is 4.17. The molecule has 0 saturated heterocycles. The highest BCUT2D eigenvalue weighted by Gasteiger charge is 2.30. The Morgan fingerprint density at radius 1 is 1.09 bits per heavy atom. The number of allylic oxidation sites excluding steroid dienone is 5. The zero-order valence-corrected chi connectivity index (χ0v) is 21.8. The fourth-order valence-corrected chi connectivity index (χ4v) is 6.27. The molecule has 176 valence electrons. The fraction of sp³-hybridized carbons (Fsp3) is 0.625. The molecule has 2 aliphatic carbocycles. The summed E-state index contributed by atoms with van der Waals surface area (Å²) in [4.78, 5) is 0. The Labute approximate surface area is 199 Å². The second kappa shape index (κ2) is 11.5. The number of benzene rings is 1. The van der Waals surface area contributed by atoms with Gasteiger partial charge in [-0.2, -0.15) is 0 Å². The molecule has 1 unspecified atom stereocenters. The van der Waals surface area contributed by atoms with Crippen LogP contribution < -0.4 is 0 Å². The average Bonchev–Trinajstić information content (AvgIpc) is 3.16. The summed E-state index contributed by atoms with van der Waals surface area (Å²) in [5, 5.41) is 0. The van der Waals surface area contributed by atoms with Crippen LogP contribution in [0.1, 0.15) is 121 Å². The molecule has 0 radical (unpaired) electrons. The predicted molar refractivity (Wildman–Crippen MR) is 142 cm³/mol. The summed E-state index contributed by atoms with van der Waals surface area (Å²) in [6, 6.07) is 7.56. The van der Waals surface area contributed by atoms with E-state index in [4.69, 9.17) is 0 Å². The summed E-state index contributed by atoms with van der Waals surface area (Å²) >= 11 is 0. The van der Waals surface area contributed by atoms with E-state index in [2.05, 4.69) is 78.5 Å². The maximum Gasteiger partial charge on any atom is -0.00578 e. The van der Waals surface area contributed by atoms with Crippen LogP contribution in [0.4, 0.5) is 0 Å². The molecule has 0 amide bonds. The van der Waals surface area contributed by atoms with Gasteiger partial charge in [0.05, 0.1) is 0 Å². The van der Waals surface area contributed by atoms with E-state index in [1.807, 2.05) is 0 Å². The van der Waals surface area contributed by atoms with Crippen molar-refractivity contribution in [2.75, 3.05) is 0 Å². The number of rotatable bonds is 10. The van der Waals surface area contributed by atoms with Crippen molar-refractivity contribution in [1.29, 1.82) is 0 Å². The van der Waals surface area contributed by atoms with Crippen LogP contribution in [0.3, 0.4) is 0 Å². The highest BCUT2D eigenvalue weighted by Crippen LogP contribution is 2.44. The second-order valence-corrected chi connectivity index (χ2v) is 11.6. The van der Waals surface area contributed by atoms with Crippen molar-refractivity contribution in [3.63, 3.8) is 0 Å². The molecule has 0 nitrogen and oxygen atoms in total. The van der Waals surface area contributed by atoms with Crippen molar-refractivity contribution in [3.8, 4) is 0 Å². The molecule has 0 aliphatic heterocycles. The van der Waals surface area contributed by atoms with Crippen LogP contribution in [0.15, 0.2) is 53.6 Å². The third-order valence-corrected chi connectivity index (χ3v) is 8.09. The van der Waals surface area contributed by atoms with E-state index in [1.165, 1.54) is 55.2 Å². The van der Waals surface area contributed by atoms with Gasteiger partial charge in [-0.25, -0.2) is 0 Å². The second-order valence-electron chi connectivity index (χ2n) is 11.6. The lowest BCUT2D eigenvalue weighted by atomic mass is 9.69. The molecule has 0 aromatic heterocycles. The highest BCUT2D eigenvalue weighted by atomic mass is 14.3. The molecule has 32 heavy (non-hydrogen) atoms. The minimum absolute atomic E-state index is 0.543. The monoisotopic (exact) mass is 432 g/mol. The lowest BCUT2D eigenvalue weighted by molar-refractivity contribution is 0.222. The zero-order chi connectivity index (χ0) is 23.3. The Balaban J connectivity index is 1.94. The Hall–Kier alpha value is -1.56. The Kier molecular flexibility index (Phi) is 9.04. The van der Waals surface area contributed by atoms with Crippen LogP contribution >= 0.6 is 0 Å². The topological polar surface area (TPSA) is 0 Å². The van der Waals surface area contributed by atoms with Crippen molar-refractivity contribution in [3.05, 3.63) is 70.3 Å². The smallest absolute Gasteiger partial charge is 0.00578 e. The molecule has 2 atom stereocenters. The van der Waals surface area contributed by atoms with Crippen molar-refractivity contribution in [2.45, 2.75) is 111 Å². The van der Waals surface area contributed by atoms with Gasteiger partial charge in [0.25, 0.3) is 0 Å². The Bertz CT molecular complexity index is 826. The number of hydrogen-bond acceptors (Lipinski definition) is 0. The van der Waals surface area contributed by atoms with Gasteiger partial charge in [-0.3, -0.25) is 0 Å². The van der Waals surface area contributed by atoms with Gasteiger partial charge in [-0.1, -0.05) is 94.0 Å². The first-order chi connectivity index (χ1) is 15.3. The van der Waals surface area contributed by atoms with Gasteiger partial charge < -0.3 is 0 Å². The summed E-state index contributed by atoms with van der Waals surface area (Å²) in [6.07, 6.45) is 16.6. The van der Waals surface area contributed by atoms with Crippen molar-refractivity contribution in [2.24, 2.45) is 17.8 Å². The van der Waals surface area contributed by atoms with E-state index < -0.39 is 0 Å². The van der Waals surface area contributed by atoms with E-state index in [0.717, 1.165) is 37.0 Å². The molecule has 3 rings (SSSR count). The molecule has 0 N–H and O–H groups in total. The van der Waals surface area contributed by atoms with Crippen LogP contribution in [0, 0.1) is 17.8 Å². The summed E-state index contributed by atoms with van der Waals surface area (Å²) in [5.74, 6) is 3.82. The molecule has 0 bridgehead atoms.